The molecule has 0 fully saturated rings. The second-order valence-corrected chi connectivity index (χ2v) is 5.07. The van der Waals surface area contributed by atoms with E-state index < -0.39 is 29.1 Å². The Kier molecular flexibility index (Phi) is 3.24. The minimum absolute atomic E-state index is 0.173. The van der Waals surface area contributed by atoms with Gasteiger partial charge < -0.3 is 5.32 Å². The number of hydrogen-bond acceptors (Lipinski definition) is 2. The summed E-state index contributed by atoms with van der Waals surface area (Å²) in [6.45, 7) is 0. The molecule has 1 unspecified atom stereocenters. The lowest BCUT2D eigenvalue weighted by molar-refractivity contribution is -0.137. The second-order valence-electron chi connectivity index (χ2n) is 5.07. The van der Waals surface area contributed by atoms with Crippen LogP contribution in [0.2, 0.25) is 0 Å². The number of anilines is 1. The third-order valence-corrected chi connectivity index (χ3v) is 3.64. The van der Waals surface area contributed by atoms with Gasteiger partial charge in [0, 0.05) is 11.1 Å². The molecule has 1 atom stereocenters. The summed E-state index contributed by atoms with van der Waals surface area (Å²) in [4.78, 5) is 24.5. The fraction of sp³-hybridized carbons (Fsp3) is 0.125. The zero-order valence-electron chi connectivity index (χ0n) is 11.4. The minimum Gasteiger partial charge on any atom is -0.322 e. The molecule has 1 heterocycles. The van der Waals surface area contributed by atoms with Crippen LogP contribution in [-0.4, -0.2) is 11.7 Å². The topological polar surface area (TPSA) is 46.2 Å². The quantitative estimate of drug-likeness (QED) is 0.642. The first-order valence-corrected chi connectivity index (χ1v) is 6.56. The van der Waals surface area contributed by atoms with Crippen LogP contribution in [-0.2, 0) is 16.6 Å². The largest absolute Gasteiger partial charge is 0.416 e. The molecule has 0 radical (unpaired) electrons. The van der Waals surface area contributed by atoms with E-state index in [1.54, 1.807) is 6.07 Å². The van der Waals surface area contributed by atoms with Gasteiger partial charge in [-0.05, 0) is 18.2 Å². The van der Waals surface area contributed by atoms with Crippen LogP contribution in [0.4, 0.5) is 23.2 Å². The van der Waals surface area contributed by atoms with E-state index in [2.05, 4.69) is 5.32 Å². The Morgan fingerprint density at radius 3 is 2.22 bits per heavy atom. The maximum atomic E-state index is 15.1. The highest BCUT2D eigenvalue weighted by Gasteiger charge is 2.52. The van der Waals surface area contributed by atoms with Crippen molar-refractivity contribution in [2.45, 2.75) is 11.8 Å². The summed E-state index contributed by atoms with van der Waals surface area (Å²) >= 11 is 0. The number of Topliss-reactive ketones (excluding diaryl/α,β-unsaturated/α-hetero) is 1. The standard InChI is InChI=1S/C16H9F4NO2/c17-15(9-4-2-1-3-5-9)13(22)11-7-6-10(16(18,19)20)8-12(11)21-14(15)23/h1-8H,(H,21,23). The molecule has 0 bridgehead atoms. The van der Waals surface area contributed by atoms with Gasteiger partial charge in [0.05, 0.1) is 11.3 Å². The van der Waals surface area contributed by atoms with Crippen LogP contribution in [0.15, 0.2) is 48.5 Å². The number of carbonyl (C=O) groups is 2. The molecule has 1 aliphatic rings. The number of amides is 1. The number of alkyl halides is 4. The van der Waals surface area contributed by atoms with Crippen molar-refractivity contribution in [3.8, 4) is 0 Å². The van der Waals surface area contributed by atoms with Gasteiger partial charge in [0.2, 0.25) is 5.78 Å². The van der Waals surface area contributed by atoms with Crippen molar-refractivity contribution in [1.29, 1.82) is 0 Å². The number of carbonyl (C=O) groups excluding carboxylic acids is 2. The van der Waals surface area contributed by atoms with Gasteiger partial charge in [0.15, 0.2) is 0 Å². The summed E-state index contributed by atoms with van der Waals surface area (Å²) in [6.07, 6.45) is -4.63. The molecular formula is C16H9F4NO2. The first kappa shape index (κ1) is 15.2. The van der Waals surface area contributed by atoms with E-state index in [1.165, 1.54) is 24.3 Å². The van der Waals surface area contributed by atoms with Crippen LogP contribution in [0.5, 0.6) is 0 Å². The van der Waals surface area contributed by atoms with Crippen LogP contribution in [0.1, 0.15) is 21.5 Å². The Labute approximate surface area is 127 Å². The van der Waals surface area contributed by atoms with Gasteiger partial charge in [-0.3, -0.25) is 9.59 Å². The highest BCUT2D eigenvalue weighted by molar-refractivity contribution is 6.26. The fourth-order valence-electron chi connectivity index (χ4n) is 2.45. The summed E-state index contributed by atoms with van der Waals surface area (Å²) in [5.41, 5.74) is -4.82. The molecule has 0 spiro atoms. The van der Waals surface area contributed by atoms with Gasteiger partial charge >= 0.3 is 6.18 Å². The van der Waals surface area contributed by atoms with Crippen molar-refractivity contribution in [2.75, 3.05) is 5.32 Å². The first-order chi connectivity index (χ1) is 10.7. The average Bonchev–Trinajstić information content (AvgIpc) is 2.52. The molecule has 1 aliphatic heterocycles. The number of hydrogen-bond donors (Lipinski definition) is 1. The van der Waals surface area contributed by atoms with Crippen LogP contribution >= 0.6 is 0 Å². The third-order valence-electron chi connectivity index (χ3n) is 3.64. The number of benzene rings is 2. The molecule has 3 rings (SSSR count). The minimum atomic E-state index is -4.63. The lowest BCUT2D eigenvalue weighted by atomic mass is 9.83. The number of ketones is 1. The predicted octanol–water partition coefficient (Wildman–Crippen LogP) is 3.71. The third kappa shape index (κ3) is 2.28. The average molecular weight is 323 g/mol. The van der Waals surface area contributed by atoms with Gasteiger partial charge in [0.25, 0.3) is 11.6 Å². The summed E-state index contributed by atoms with van der Waals surface area (Å²) in [5.74, 6) is -2.49. The fourth-order valence-corrected chi connectivity index (χ4v) is 2.45. The molecule has 23 heavy (non-hydrogen) atoms. The first-order valence-electron chi connectivity index (χ1n) is 6.56. The smallest absolute Gasteiger partial charge is 0.322 e. The molecule has 0 aliphatic carbocycles. The Morgan fingerprint density at radius 1 is 0.957 bits per heavy atom. The zero-order chi connectivity index (χ0) is 16.8. The molecule has 3 nitrogen and oxygen atoms in total. The van der Waals surface area contributed by atoms with E-state index >= 15 is 4.39 Å². The highest BCUT2D eigenvalue weighted by Crippen LogP contribution is 2.40. The van der Waals surface area contributed by atoms with E-state index in [0.717, 1.165) is 6.07 Å². The molecule has 1 N–H and O–H groups in total. The molecule has 0 aromatic heterocycles. The summed E-state index contributed by atoms with van der Waals surface area (Å²) in [5, 5.41) is 2.06. The van der Waals surface area contributed by atoms with Crippen LogP contribution < -0.4 is 5.32 Å². The number of rotatable bonds is 1. The second kappa shape index (κ2) is 4.91. The van der Waals surface area contributed by atoms with E-state index in [0.29, 0.717) is 12.1 Å². The summed E-state index contributed by atoms with van der Waals surface area (Å²) in [7, 11) is 0. The SMILES string of the molecule is O=C1Nc2cc(C(F)(F)F)ccc2C(=O)C1(F)c1ccccc1. The molecule has 1 amide bonds. The van der Waals surface area contributed by atoms with Crippen molar-refractivity contribution >= 4 is 17.4 Å². The van der Waals surface area contributed by atoms with Crippen molar-refractivity contribution in [1.82, 2.24) is 0 Å². The predicted molar refractivity (Wildman–Crippen MR) is 73.6 cm³/mol. The normalized spacial score (nSPS) is 20.9. The molecule has 0 saturated heterocycles. The number of nitrogens with one attached hydrogen (secondary N) is 1. The lowest BCUT2D eigenvalue weighted by Gasteiger charge is -2.29. The molecule has 118 valence electrons. The van der Waals surface area contributed by atoms with Crippen LogP contribution in [0, 0.1) is 0 Å². The molecule has 7 heteroatoms. The maximum Gasteiger partial charge on any atom is 0.416 e. The van der Waals surface area contributed by atoms with Gasteiger partial charge in [-0.1, -0.05) is 30.3 Å². The summed E-state index contributed by atoms with van der Waals surface area (Å²) in [6, 6.07) is 9.21. The van der Waals surface area contributed by atoms with E-state index in [4.69, 9.17) is 0 Å². The summed E-state index contributed by atoms with van der Waals surface area (Å²) < 4.78 is 53.2. The van der Waals surface area contributed by atoms with Crippen LogP contribution in [0.25, 0.3) is 0 Å². The molecular weight excluding hydrogens is 314 g/mol. The lowest BCUT2D eigenvalue weighted by Crippen LogP contribution is -2.47. The highest BCUT2D eigenvalue weighted by atomic mass is 19.4. The molecule has 2 aromatic carbocycles. The van der Waals surface area contributed by atoms with Gasteiger partial charge in [-0.25, -0.2) is 4.39 Å². The van der Waals surface area contributed by atoms with Gasteiger partial charge in [-0.15, -0.1) is 0 Å². The number of fused-ring (bicyclic) bond motifs is 1. The Morgan fingerprint density at radius 2 is 1.61 bits per heavy atom. The van der Waals surface area contributed by atoms with Crippen molar-refractivity contribution in [2.24, 2.45) is 0 Å². The van der Waals surface area contributed by atoms with E-state index in [9.17, 15) is 22.8 Å². The van der Waals surface area contributed by atoms with Crippen molar-refractivity contribution in [3.63, 3.8) is 0 Å². The van der Waals surface area contributed by atoms with Crippen molar-refractivity contribution in [3.05, 3.63) is 65.2 Å². The van der Waals surface area contributed by atoms with Gasteiger partial charge in [-0.2, -0.15) is 13.2 Å². The van der Waals surface area contributed by atoms with E-state index in [1.807, 2.05) is 0 Å². The molecule has 0 saturated carbocycles. The maximum absolute atomic E-state index is 15.1. The zero-order valence-corrected chi connectivity index (χ0v) is 11.4. The Balaban J connectivity index is 2.12. The Bertz CT molecular complexity index is 801. The molecule has 2 aromatic rings. The van der Waals surface area contributed by atoms with Crippen LogP contribution in [0.3, 0.4) is 0 Å². The van der Waals surface area contributed by atoms with E-state index in [-0.39, 0.29) is 16.8 Å². The van der Waals surface area contributed by atoms with Gasteiger partial charge in [0.1, 0.15) is 0 Å². The monoisotopic (exact) mass is 323 g/mol. The van der Waals surface area contributed by atoms with Crippen molar-refractivity contribution < 1.29 is 27.2 Å². The Hall–Kier alpha value is -2.70. The number of halogens is 4.